The molecule has 2 aromatic carbocycles. The van der Waals surface area contributed by atoms with Crippen LogP contribution in [0.25, 0.3) is 0 Å². The van der Waals surface area contributed by atoms with Crippen molar-refractivity contribution in [2.75, 3.05) is 17.3 Å². The van der Waals surface area contributed by atoms with Gasteiger partial charge < -0.3 is 10.1 Å². The van der Waals surface area contributed by atoms with Crippen LogP contribution in [0.15, 0.2) is 53.4 Å². The Kier molecular flexibility index (Phi) is 7.74. The highest BCUT2D eigenvalue weighted by atomic mass is 32.2. The standard InChI is InChI=1S/C26H29N3O7S/c1-17(30)27-19-10-14-22(15-11-19)37(34,35)29(21-6-4-3-5-7-21)23-16-24(31)28(25(23)32)20-12-8-18(9-13-20)26(33)36-2/h8-15,21,23H,3-7,16H2,1-2H3,(H,27,30). The number of hydrogen-bond acceptors (Lipinski definition) is 7. The third-order valence-electron chi connectivity index (χ3n) is 6.66. The molecular weight excluding hydrogens is 498 g/mol. The number of nitrogens with zero attached hydrogens (tertiary/aromatic N) is 2. The molecule has 1 aliphatic carbocycles. The van der Waals surface area contributed by atoms with Crippen LogP contribution in [0, 0.1) is 0 Å². The van der Waals surface area contributed by atoms with Gasteiger partial charge in [0.1, 0.15) is 6.04 Å². The molecule has 1 atom stereocenters. The number of amides is 3. The van der Waals surface area contributed by atoms with Crippen molar-refractivity contribution in [1.29, 1.82) is 0 Å². The van der Waals surface area contributed by atoms with Crippen molar-refractivity contribution < 1.29 is 32.3 Å². The van der Waals surface area contributed by atoms with Crippen molar-refractivity contribution in [2.24, 2.45) is 0 Å². The van der Waals surface area contributed by atoms with Crippen molar-refractivity contribution in [1.82, 2.24) is 4.31 Å². The van der Waals surface area contributed by atoms with Gasteiger partial charge in [0.25, 0.3) is 5.91 Å². The van der Waals surface area contributed by atoms with Crippen molar-refractivity contribution in [3.05, 3.63) is 54.1 Å². The maximum absolute atomic E-state index is 13.9. The minimum atomic E-state index is -4.15. The summed E-state index contributed by atoms with van der Waals surface area (Å²) in [6, 6.07) is 9.97. The molecular formula is C26H29N3O7S. The predicted octanol–water partition coefficient (Wildman–Crippen LogP) is 3.09. The maximum Gasteiger partial charge on any atom is 0.337 e. The molecule has 0 spiro atoms. The summed E-state index contributed by atoms with van der Waals surface area (Å²) >= 11 is 0. The Morgan fingerprint density at radius 2 is 1.59 bits per heavy atom. The number of esters is 1. The molecule has 1 unspecified atom stereocenters. The molecule has 10 nitrogen and oxygen atoms in total. The van der Waals surface area contributed by atoms with Crippen molar-refractivity contribution >= 4 is 45.1 Å². The Morgan fingerprint density at radius 3 is 2.16 bits per heavy atom. The third kappa shape index (κ3) is 5.42. The first-order valence-electron chi connectivity index (χ1n) is 12.1. The highest BCUT2D eigenvalue weighted by Crippen LogP contribution is 2.35. The van der Waals surface area contributed by atoms with Gasteiger partial charge in [-0.15, -0.1) is 0 Å². The molecule has 196 valence electrons. The molecule has 2 aliphatic rings. The van der Waals surface area contributed by atoms with E-state index in [1.807, 2.05) is 0 Å². The number of benzene rings is 2. The van der Waals surface area contributed by atoms with Gasteiger partial charge in [-0.05, 0) is 61.4 Å². The Bertz CT molecular complexity index is 1300. The molecule has 1 N–H and O–H groups in total. The van der Waals surface area contributed by atoms with Crippen molar-refractivity contribution in [3.8, 4) is 0 Å². The van der Waals surface area contributed by atoms with Gasteiger partial charge in [-0.2, -0.15) is 4.31 Å². The monoisotopic (exact) mass is 527 g/mol. The number of carbonyl (C=O) groups excluding carboxylic acids is 4. The van der Waals surface area contributed by atoms with Crippen LogP contribution in [0.4, 0.5) is 11.4 Å². The number of rotatable bonds is 7. The summed E-state index contributed by atoms with van der Waals surface area (Å²) in [4.78, 5) is 50.6. The zero-order chi connectivity index (χ0) is 26.7. The van der Waals surface area contributed by atoms with Gasteiger partial charge in [0.05, 0.1) is 29.7 Å². The minimum absolute atomic E-state index is 0.0201. The van der Waals surface area contributed by atoms with E-state index in [2.05, 4.69) is 10.1 Å². The van der Waals surface area contributed by atoms with Gasteiger partial charge in [0, 0.05) is 18.7 Å². The van der Waals surface area contributed by atoms with Gasteiger partial charge >= 0.3 is 5.97 Å². The Morgan fingerprint density at radius 1 is 0.973 bits per heavy atom. The largest absolute Gasteiger partial charge is 0.465 e. The highest BCUT2D eigenvalue weighted by Gasteiger charge is 2.49. The third-order valence-corrected chi connectivity index (χ3v) is 8.64. The van der Waals surface area contributed by atoms with Crippen LogP contribution in [0.5, 0.6) is 0 Å². The van der Waals surface area contributed by atoms with E-state index in [0.29, 0.717) is 18.5 Å². The van der Waals surface area contributed by atoms with Crippen LogP contribution < -0.4 is 10.2 Å². The maximum atomic E-state index is 13.9. The lowest BCUT2D eigenvalue weighted by Gasteiger charge is -2.36. The number of imide groups is 1. The quantitative estimate of drug-likeness (QED) is 0.433. The number of nitrogens with one attached hydrogen (secondary N) is 1. The molecule has 1 aliphatic heterocycles. The summed E-state index contributed by atoms with van der Waals surface area (Å²) in [7, 11) is -2.90. The Balaban J connectivity index is 1.67. The predicted molar refractivity (Wildman–Crippen MR) is 135 cm³/mol. The first kappa shape index (κ1) is 26.5. The summed E-state index contributed by atoms with van der Waals surface area (Å²) in [5.41, 5.74) is 0.964. The van der Waals surface area contributed by atoms with Crippen LogP contribution in [0.2, 0.25) is 0 Å². The second kappa shape index (κ2) is 10.8. The molecule has 4 rings (SSSR count). The number of methoxy groups -OCH3 is 1. The Labute approximate surface area is 215 Å². The highest BCUT2D eigenvalue weighted by molar-refractivity contribution is 7.89. The number of carbonyl (C=O) groups is 4. The fourth-order valence-corrected chi connectivity index (χ4v) is 6.77. The fourth-order valence-electron chi connectivity index (χ4n) is 4.94. The SMILES string of the molecule is COC(=O)c1ccc(N2C(=O)CC(N(C3CCCCC3)S(=O)(=O)c3ccc(NC(C)=O)cc3)C2=O)cc1. The normalized spacial score (nSPS) is 18.8. The van der Waals surface area contributed by atoms with E-state index in [0.717, 1.165) is 24.2 Å². The first-order chi connectivity index (χ1) is 17.6. The first-order valence-corrected chi connectivity index (χ1v) is 13.5. The van der Waals surface area contributed by atoms with Crippen LogP contribution >= 0.6 is 0 Å². The smallest absolute Gasteiger partial charge is 0.337 e. The van der Waals surface area contributed by atoms with Gasteiger partial charge in [-0.25, -0.2) is 18.1 Å². The number of sulfonamides is 1. The summed E-state index contributed by atoms with van der Waals surface area (Å²) in [5.74, 6) is -1.98. The lowest BCUT2D eigenvalue weighted by Crippen LogP contribution is -2.51. The molecule has 1 saturated heterocycles. The van der Waals surface area contributed by atoms with Crippen LogP contribution in [-0.2, 0) is 29.1 Å². The molecule has 37 heavy (non-hydrogen) atoms. The van der Waals surface area contributed by atoms with E-state index < -0.39 is 39.9 Å². The summed E-state index contributed by atoms with van der Waals surface area (Å²) in [6.07, 6.45) is 3.53. The van der Waals surface area contributed by atoms with Gasteiger partial charge in [0.2, 0.25) is 21.8 Å². The summed E-state index contributed by atoms with van der Waals surface area (Å²) in [6.45, 7) is 1.35. The molecule has 3 amide bonds. The summed E-state index contributed by atoms with van der Waals surface area (Å²) in [5, 5.41) is 2.60. The molecule has 0 radical (unpaired) electrons. The second-order valence-corrected chi connectivity index (χ2v) is 11.0. The molecule has 1 heterocycles. The lowest BCUT2D eigenvalue weighted by molar-refractivity contribution is -0.122. The van der Waals surface area contributed by atoms with E-state index in [-0.39, 0.29) is 28.5 Å². The van der Waals surface area contributed by atoms with E-state index in [9.17, 15) is 27.6 Å². The second-order valence-electron chi connectivity index (χ2n) is 9.16. The summed E-state index contributed by atoms with van der Waals surface area (Å²) < 4.78 is 33.7. The van der Waals surface area contributed by atoms with Crippen LogP contribution in [-0.4, -0.2) is 55.6 Å². The zero-order valence-electron chi connectivity index (χ0n) is 20.7. The van der Waals surface area contributed by atoms with E-state index >= 15 is 0 Å². The fraction of sp³-hybridized carbons (Fsp3) is 0.385. The lowest BCUT2D eigenvalue weighted by atomic mass is 9.94. The number of hydrogen-bond donors (Lipinski definition) is 1. The van der Waals surface area contributed by atoms with Crippen LogP contribution in [0.1, 0.15) is 55.8 Å². The van der Waals surface area contributed by atoms with Gasteiger partial charge in [-0.3, -0.25) is 14.4 Å². The zero-order valence-corrected chi connectivity index (χ0v) is 21.5. The molecule has 2 fully saturated rings. The van der Waals surface area contributed by atoms with E-state index in [1.54, 1.807) is 0 Å². The Hall–Kier alpha value is -3.57. The average molecular weight is 528 g/mol. The van der Waals surface area contributed by atoms with E-state index in [1.165, 1.54) is 66.9 Å². The molecule has 2 aromatic rings. The van der Waals surface area contributed by atoms with Gasteiger partial charge in [0.15, 0.2) is 0 Å². The van der Waals surface area contributed by atoms with E-state index in [4.69, 9.17) is 0 Å². The molecule has 0 bridgehead atoms. The molecule has 11 heteroatoms. The molecule has 1 saturated carbocycles. The number of anilines is 2. The number of ether oxygens (including phenoxy) is 1. The minimum Gasteiger partial charge on any atom is -0.465 e. The average Bonchev–Trinajstić information content (AvgIpc) is 3.17. The van der Waals surface area contributed by atoms with Crippen molar-refractivity contribution in [2.45, 2.75) is 62.4 Å². The van der Waals surface area contributed by atoms with Crippen molar-refractivity contribution in [3.63, 3.8) is 0 Å². The van der Waals surface area contributed by atoms with Crippen LogP contribution in [0.3, 0.4) is 0 Å². The topological polar surface area (TPSA) is 130 Å². The molecule has 0 aromatic heterocycles. The van der Waals surface area contributed by atoms with Gasteiger partial charge in [-0.1, -0.05) is 19.3 Å².